The number of aliphatic carboxylic acids is 1. The van der Waals surface area contributed by atoms with E-state index in [2.05, 4.69) is 0 Å². The molecule has 0 heterocycles. The van der Waals surface area contributed by atoms with Gasteiger partial charge in [0, 0.05) is 5.75 Å². The monoisotopic (exact) mass is 240 g/mol. The lowest BCUT2D eigenvalue weighted by atomic mass is 10.2. The Labute approximate surface area is 97.6 Å². The van der Waals surface area contributed by atoms with E-state index < -0.39 is 5.97 Å². The Morgan fingerprint density at radius 2 is 1.94 bits per heavy atom. The average Bonchev–Trinajstić information content (AvgIpc) is 2.29. The van der Waals surface area contributed by atoms with E-state index in [0.717, 1.165) is 0 Å². The van der Waals surface area contributed by atoms with E-state index in [0.29, 0.717) is 11.3 Å². The molecule has 0 bridgehead atoms. The Morgan fingerprint density at radius 3 is 2.56 bits per heavy atom. The van der Waals surface area contributed by atoms with Crippen molar-refractivity contribution in [3.63, 3.8) is 0 Å². The van der Waals surface area contributed by atoms with Crippen LogP contribution >= 0.6 is 11.8 Å². The van der Waals surface area contributed by atoms with E-state index in [1.54, 1.807) is 24.3 Å². The molecular formula is C11H12O4S. The largest absolute Gasteiger partial charge is 0.481 e. The lowest BCUT2D eigenvalue weighted by Gasteiger charge is -2.03. The van der Waals surface area contributed by atoms with Crippen molar-refractivity contribution in [2.75, 3.05) is 18.1 Å². The summed E-state index contributed by atoms with van der Waals surface area (Å²) in [6.07, 6.45) is 0. The molecule has 4 nitrogen and oxygen atoms in total. The van der Waals surface area contributed by atoms with Gasteiger partial charge in [0.25, 0.3) is 0 Å². The molecule has 0 unspecified atom stereocenters. The van der Waals surface area contributed by atoms with Crippen LogP contribution in [0.4, 0.5) is 0 Å². The van der Waals surface area contributed by atoms with Crippen molar-refractivity contribution in [2.24, 2.45) is 0 Å². The van der Waals surface area contributed by atoms with Gasteiger partial charge in [-0.3, -0.25) is 4.79 Å². The van der Waals surface area contributed by atoms with Crippen LogP contribution in [0.5, 0.6) is 0 Å². The minimum absolute atomic E-state index is 0.0306. The summed E-state index contributed by atoms with van der Waals surface area (Å²) < 4.78 is 4.96. The first-order valence-corrected chi connectivity index (χ1v) is 5.87. The lowest BCUT2D eigenvalue weighted by molar-refractivity contribution is -0.133. The molecule has 0 aliphatic heterocycles. The van der Waals surface area contributed by atoms with Crippen molar-refractivity contribution >= 4 is 23.7 Å². The average molecular weight is 240 g/mol. The third-order valence-corrected chi connectivity index (χ3v) is 2.60. The lowest BCUT2D eigenvalue weighted by Crippen LogP contribution is -2.08. The minimum atomic E-state index is -0.862. The number of benzene rings is 1. The summed E-state index contributed by atoms with van der Waals surface area (Å²) in [6.45, 7) is 0.228. The van der Waals surface area contributed by atoms with Gasteiger partial charge in [-0.2, -0.15) is 0 Å². The van der Waals surface area contributed by atoms with E-state index >= 15 is 0 Å². The second kappa shape index (κ2) is 6.90. The van der Waals surface area contributed by atoms with Crippen LogP contribution in [-0.4, -0.2) is 35.2 Å². The van der Waals surface area contributed by atoms with Crippen LogP contribution in [0.2, 0.25) is 0 Å². The summed E-state index contributed by atoms with van der Waals surface area (Å²) in [5.74, 6) is -0.718. The Kier molecular flexibility index (Phi) is 5.42. The SMILES string of the molecule is O=C(O)CSCCOC(=O)c1ccccc1. The van der Waals surface area contributed by atoms with Crippen LogP contribution in [0.25, 0.3) is 0 Å². The van der Waals surface area contributed by atoms with Gasteiger partial charge in [0.2, 0.25) is 0 Å². The molecule has 1 aromatic carbocycles. The third kappa shape index (κ3) is 4.84. The zero-order valence-corrected chi connectivity index (χ0v) is 9.40. The van der Waals surface area contributed by atoms with Gasteiger partial charge < -0.3 is 9.84 Å². The van der Waals surface area contributed by atoms with Gasteiger partial charge in [-0.1, -0.05) is 18.2 Å². The van der Waals surface area contributed by atoms with Crippen LogP contribution in [0.3, 0.4) is 0 Å². The van der Waals surface area contributed by atoms with Gasteiger partial charge in [-0.05, 0) is 12.1 Å². The van der Waals surface area contributed by atoms with Crippen molar-refractivity contribution in [1.29, 1.82) is 0 Å². The molecule has 5 heteroatoms. The maximum Gasteiger partial charge on any atom is 0.338 e. The summed E-state index contributed by atoms with van der Waals surface area (Å²) >= 11 is 1.22. The summed E-state index contributed by atoms with van der Waals surface area (Å²) in [5.41, 5.74) is 0.505. The van der Waals surface area contributed by atoms with Gasteiger partial charge in [0.05, 0.1) is 11.3 Å². The molecule has 0 spiro atoms. The van der Waals surface area contributed by atoms with Gasteiger partial charge in [-0.15, -0.1) is 11.8 Å². The maximum atomic E-state index is 11.4. The number of ether oxygens (including phenoxy) is 1. The fraction of sp³-hybridized carbons (Fsp3) is 0.273. The molecule has 0 fully saturated rings. The molecule has 0 atom stereocenters. The van der Waals surface area contributed by atoms with Crippen molar-refractivity contribution in [3.05, 3.63) is 35.9 Å². The minimum Gasteiger partial charge on any atom is -0.481 e. The fourth-order valence-electron chi connectivity index (χ4n) is 1.01. The Balaban J connectivity index is 2.19. The molecule has 0 amide bonds. The highest BCUT2D eigenvalue weighted by atomic mass is 32.2. The molecule has 0 aliphatic rings. The number of esters is 1. The normalized spacial score (nSPS) is 9.75. The molecule has 0 radical (unpaired) electrons. The zero-order chi connectivity index (χ0) is 11.8. The first-order chi connectivity index (χ1) is 7.70. The van der Waals surface area contributed by atoms with Crippen molar-refractivity contribution in [3.8, 4) is 0 Å². The second-order valence-corrected chi connectivity index (χ2v) is 4.05. The van der Waals surface area contributed by atoms with Gasteiger partial charge in [0.15, 0.2) is 0 Å². The first kappa shape index (κ1) is 12.6. The molecule has 0 saturated heterocycles. The van der Waals surface area contributed by atoms with Crippen molar-refractivity contribution < 1.29 is 19.4 Å². The van der Waals surface area contributed by atoms with E-state index in [9.17, 15) is 9.59 Å². The molecule has 0 saturated carbocycles. The highest BCUT2D eigenvalue weighted by molar-refractivity contribution is 7.99. The van der Waals surface area contributed by atoms with Gasteiger partial charge in [-0.25, -0.2) is 4.79 Å². The molecule has 16 heavy (non-hydrogen) atoms. The predicted molar refractivity (Wildman–Crippen MR) is 61.7 cm³/mol. The number of carbonyl (C=O) groups is 2. The van der Waals surface area contributed by atoms with Crippen molar-refractivity contribution in [1.82, 2.24) is 0 Å². The van der Waals surface area contributed by atoms with Gasteiger partial charge in [0.1, 0.15) is 6.61 Å². The van der Waals surface area contributed by atoms with Crippen LogP contribution in [0.1, 0.15) is 10.4 Å². The topological polar surface area (TPSA) is 63.6 Å². The standard InChI is InChI=1S/C11H12O4S/c12-10(13)8-16-7-6-15-11(14)9-4-2-1-3-5-9/h1-5H,6-8H2,(H,12,13). The van der Waals surface area contributed by atoms with E-state index in [1.165, 1.54) is 11.8 Å². The van der Waals surface area contributed by atoms with Crippen molar-refractivity contribution in [2.45, 2.75) is 0 Å². The molecular weight excluding hydrogens is 228 g/mol. The number of rotatable bonds is 6. The molecule has 0 aromatic heterocycles. The summed E-state index contributed by atoms with van der Waals surface area (Å²) in [4.78, 5) is 21.6. The predicted octanol–water partition coefficient (Wildman–Crippen LogP) is 1.66. The summed E-state index contributed by atoms with van der Waals surface area (Å²) in [6, 6.07) is 8.69. The maximum absolute atomic E-state index is 11.4. The van der Waals surface area contributed by atoms with Crippen LogP contribution < -0.4 is 0 Å². The molecule has 1 N–H and O–H groups in total. The zero-order valence-electron chi connectivity index (χ0n) is 8.59. The number of hydrogen-bond donors (Lipinski definition) is 1. The summed E-state index contributed by atoms with van der Waals surface area (Å²) in [5, 5.41) is 8.37. The Hall–Kier alpha value is -1.49. The number of carboxylic acids is 1. The van der Waals surface area contributed by atoms with Crippen LogP contribution in [-0.2, 0) is 9.53 Å². The Bertz CT molecular complexity index is 350. The number of carboxylic acid groups (broad SMARTS) is 1. The number of thioether (sulfide) groups is 1. The summed E-state index contributed by atoms with van der Waals surface area (Å²) in [7, 11) is 0. The number of carbonyl (C=O) groups excluding carboxylic acids is 1. The number of hydrogen-bond acceptors (Lipinski definition) is 4. The smallest absolute Gasteiger partial charge is 0.338 e. The van der Waals surface area contributed by atoms with Crippen LogP contribution in [0, 0.1) is 0 Å². The quantitative estimate of drug-likeness (QED) is 0.605. The van der Waals surface area contributed by atoms with E-state index in [-0.39, 0.29) is 18.3 Å². The van der Waals surface area contributed by atoms with E-state index in [1.807, 2.05) is 6.07 Å². The third-order valence-electron chi connectivity index (χ3n) is 1.70. The molecule has 1 rings (SSSR count). The van der Waals surface area contributed by atoms with E-state index in [4.69, 9.17) is 9.84 Å². The highest BCUT2D eigenvalue weighted by Crippen LogP contribution is 2.03. The first-order valence-electron chi connectivity index (χ1n) is 4.72. The molecule has 86 valence electrons. The van der Waals surface area contributed by atoms with Crippen LogP contribution in [0.15, 0.2) is 30.3 Å². The van der Waals surface area contributed by atoms with Gasteiger partial charge >= 0.3 is 11.9 Å². The fourth-order valence-corrected chi connectivity index (χ4v) is 1.53. The molecule has 1 aromatic rings. The molecule has 0 aliphatic carbocycles. The Morgan fingerprint density at radius 1 is 1.25 bits per heavy atom. The second-order valence-electron chi connectivity index (χ2n) is 2.95. The highest BCUT2D eigenvalue weighted by Gasteiger charge is 2.05.